The van der Waals surface area contributed by atoms with E-state index in [9.17, 15) is 0 Å². The Morgan fingerprint density at radius 1 is 0.510 bits per heavy atom. The van der Waals surface area contributed by atoms with Gasteiger partial charge < -0.3 is 9.30 Å². The number of para-hydroxylation sites is 4. The first-order valence-electron chi connectivity index (χ1n) is 17.3. The van der Waals surface area contributed by atoms with Crippen molar-refractivity contribution in [2.45, 2.75) is 12.0 Å². The van der Waals surface area contributed by atoms with Crippen molar-refractivity contribution < 1.29 is 4.74 Å². The van der Waals surface area contributed by atoms with Gasteiger partial charge in [0.1, 0.15) is 11.9 Å². The van der Waals surface area contributed by atoms with Crippen molar-refractivity contribution >= 4 is 38.8 Å². The lowest BCUT2D eigenvalue weighted by Crippen LogP contribution is -2.13. The lowest BCUT2D eigenvalue weighted by atomic mass is 9.85. The zero-order valence-electron chi connectivity index (χ0n) is 27.4. The fourth-order valence-electron chi connectivity index (χ4n) is 8.12. The molecule has 0 N–H and O–H groups in total. The van der Waals surface area contributed by atoms with Crippen LogP contribution in [0.5, 0.6) is 5.75 Å². The first-order valence-corrected chi connectivity index (χ1v) is 17.3. The van der Waals surface area contributed by atoms with Crippen molar-refractivity contribution in [3.8, 4) is 40.2 Å². The van der Waals surface area contributed by atoms with Crippen LogP contribution in [-0.2, 0) is 0 Å². The zero-order chi connectivity index (χ0) is 33.5. The van der Waals surface area contributed by atoms with Gasteiger partial charge in [0, 0.05) is 50.0 Å². The zero-order valence-corrected chi connectivity index (χ0v) is 27.4. The summed E-state index contributed by atoms with van der Waals surface area (Å²) in [5.41, 5.74) is 9.80. The summed E-state index contributed by atoms with van der Waals surface area (Å²) in [5, 5.41) is 3.53. The molecule has 1 aliphatic carbocycles. The van der Waals surface area contributed by atoms with E-state index in [1.807, 2.05) is 30.3 Å². The number of nitrogens with zero attached hydrogens (tertiary/aromatic N) is 5. The Morgan fingerprint density at radius 2 is 1.10 bits per heavy atom. The summed E-state index contributed by atoms with van der Waals surface area (Å²) in [5.74, 6) is 2.77. The molecule has 2 unspecified atom stereocenters. The quantitative estimate of drug-likeness (QED) is 0.189. The van der Waals surface area contributed by atoms with Gasteiger partial charge in [-0.2, -0.15) is 9.97 Å². The molecule has 0 amide bonds. The first kappa shape index (κ1) is 28.1. The largest absolute Gasteiger partial charge is 0.484 e. The SMILES string of the molecule is C1=CC2c3cc(-c4nc(-c5ccccc5)nc(-n5c6ccccc6c6ccccc65)n4)ccc3OC2c2c1n(-c1ccccc1)c1ccccc21. The maximum Gasteiger partial charge on any atom is 0.238 e. The minimum Gasteiger partial charge on any atom is -0.484 e. The molecule has 2 aliphatic rings. The number of hydrogen-bond donors (Lipinski definition) is 0. The van der Waals surface area contributed by atoms with E-state index in [1.54, 1.807) is 0 Å². The lowest BCUT2D eigenvalue weighted by Gasteiger charge is -2.22. The van der Waals surface area contributed by atoms with Gasteiger partial charge in [0.2, 0.25) is 5.95 Å². The van der Waals surface area contributed by atoms with Crippen LogP contribution in [0.3, 0.4) is 0 Å². The summed E-state index contributed by atoms with van der Waals surface area (Å²) in [4.78, 5) is 15.4. The van der Waals surface area contributed by atoms with Gasteiger partial charge in [-0.1, -0.05) is 109 Å². The number of benzene rings is 6. The molecule has 1 aliphatic heterocycles. The molecular formula is C45H29N5O. The summed E-state index contributed by atoms with van der Waals surface area (Å²) in [6.45, 7) is 0. The van der Waals surface area contributed by atoms with Gasteiger partial charge in [0.25, 0.3) is 0 Å². The highest BCUT2D eigenvalue weighted by Gasteiger charge is 2.40. The van der Waals surface area contributed by atoms with Crippen LogP contribution in [0.25, 0.3) is 73.2 Å². The highest BCUT2D eigenvalue weighted by Crippen LogP contribution is 2.53. The third-order valence-electron chi connectivity index (χ3n) is 10.4. The molecule has 6 aromatic carbocycles. The maximum absolute atomic E-state index is 6.84. The van der Waals surface area contributed by atoms with Crippen LogP contribution in [0.4, 0.5) is 0 Å². The molecule has 51 heavy (non-hydrogen) atoms. The van der Waals surface area contributed by atoms with Crippen molar-refractivity contribution in [3.63, 3.8) is 0 Å². The van der Waals surface area contributed by atoms with E-state index in [2.05, 4.69) is 143 Å². The van der Waals surface area contributed by atoms with Gasteiger partial charge in [-0.3, -0.25) is 4.57 Å². The molecule has 6 nitrogen and oxygen atoms in total. The molecule has 6 heteroatoms. The molecule has 11 rings (SSSR count). The van der Waals surface area contributed by atoms with Crippen molar-refractivity contribution in [3.05, 3.63) is 175 Å². The Labute approximate surface area is 293 Å². The molecule has 0 saturated heterocycles. The van der Waals surface area contributed by atoms with Crippen molar-refractivity contribution in [1.29, 1.82) is 0 Å². The summed E-state index contributed by atoms with van der Waals surface area (Å²) >= 11 is 0. The fourth-order valence-corrected chi connectivity index (χ4v) is 8.12. The second-order valence-electron chi connectivity index (χ2n) is 13.2. The summed E-state index contributed by atoms with van der Waals surface area (Å²) in [6.07, 6.45) is 4.43. The highest BCUT2D eigenvalue weighted by molar-refractivity contribution is 6.09. The predicted molar refractivity (Wildman–Crippen MR) is 203 cm³/mol. The second-order valence-corrected chi connectivity index (χ2v) is 13.2. The van der Waals surface area contributed by atoms with E-state index < -0.39 is 0 Å². The van der Waals surface area contributed by atoms with Crippen molar-refractivity contribution in [2.75, 3.05) is 0 Å². The number of ether oxygens (including phenoxy) is 1. The Kier molecular flexibility index (Phi) is 5.98. The van der Waals surface area contributed by atoms with Crippen LogP contribution in [-0.4, -0.2) is 24.1 Å². The smallest absolute Gasteiger partial charge is 0.238 e. The summed E-state index contributed by atoms with van der Waals surface area (Å²) < 4.78 is 11.3. The molecule has 4 heterocycles. The standard InChI is InChI=1S/C45H29N5O/c1-3-13-28(14-4-1)43-46-44(48-45(47-43)50-36-20-10-7-17-31(36)32-18-8-11-21-37(32)50)29-23-26-40-35(27-29)33-24-25-39-41(42(33)51-40)34-19-9-12-22-38(34)49(39)30-15-5-2-6-16-30/h1-27,33,42H. The molecule has 9 aromatic rings. The van der Waals surface area contributed by atoms with Crippen LogP contribution >= 0.6 is 0 Å². The van der Waals surface area contributed by atoms with Crippen LogP contribution < -0.4 is 4.74 Å². The van der Waals surface area contributed by atoms with Crippen LogP contribution in [0.15, 0.2) is 158 Å². The summed E-state index contributed by atoms with van der Waals surface area (Å²) in [7, 11) is 0. The van der Waals surface area contributed by atoms with Crippen molar-refractivity contribution in [1.82, 2.24) is 24.1 Å². The third kappa shape index (κ3) is 4.20. The first-order chi connectivity index (χ1) is 25.3. The second kappa shape index (κ2) is 10.9. The predicted octanol–water partition coefficient (Wildman–Crippen LogP) is 10.5. The molecular weight excluding hydrogens is 627 g/mol. The van der Waals surface area contributed by atoms with E-state index in [4.69, 9.17) is 19.7 Å². The molecule has 2 atom stereocenters. The van der Waals surface area contributed by atoms with E-state index in [0.29, 0.717) is 17.6 Å². The molecule has 3 aromatic heterocycles. The molecule has 0 spiro atoms. The van der Waals surface area contributed by atoms with Crippen LogP contribution in [0.2, 0.25) is 0 Å². The Bertz CT molecular complexity index is 2800. The molecule has 0 fully saturated rings. The molecule has 0 radical (unpaired) electrons. The van der Waals surface area contributed by atoms with Gasteiger partial charge in [-0.15, -0.1) is 0 Å². The number of rotatable bonds is 4. The average Bonchev–Trinajstić information content (AvgIpc) is 3.86. The minimum atomic E-state index is -0.142. The molecule has 240 valence electrons. The van der Waals surface area contributed by atoms with Gasteiger partial charge in [-0.25, -0.2) is 4.98 Å². The van der Waals surface area contributed by atoms with E-state index >= 15 is 0 Å². The van der Waals surface area contributed by atoms with Gasteiger partial charge in [0.15, 0.2) is 11.6 Å². The van der Waals surface area contributed by atoms with Crippen LogP contribution in [0, 0.1) is 0 Å². The van der Waals surface area contributed by atoms with Gasteiger partial charge in [0.05, 0.1) is 22.2 Å². The Balaban J connectivity index is 1.07. The Hall–Kier alpha value is -6.79. The number of hydrogen-bond acceptors (Lipinski definition) is 4. The number of fused-ring (bicyclic) bond motifs is 10. The maximum atomic E-state index is 6.84. The van der Waals surface area contributed by atoms with E-state index in [0.717, 1.165) is 55.6 Å². The Morgan fingerprint density at radius 3 is 1.80 bits per heavy atom. The van der Waals surface area contributed by atoms with E-state index in [1.165, 1.54) is 16.5 Å². The molecule has 0 bridgehead atoms. The lowest BCUT2D eigenvalue weighted by molar-refractivity contribution is 0.224. The van der Waals surface area contributed by atoms with Gasteiger partial charge in [-0.05, 0) is 54.6 Å². The monoisotopic (exact) mass is 655 g/mol. The highest BCUT2D eigenvalue weighted by atomic mass is 16.5. The minimum absolute atomic E-state index is 0.0507. The third-order valence-corrected chi connectivity index (χ3v) is 10.4. The topological polar surface area (TPSA) is 57.8 Å². The number of aromatic nitrogens is 5. The summed E-state index contributed by atoms with van der Waals surface area (Å²) in [6, 6.07) is 52.6. The fraction of sp³-hybridized carbons (Fsp3) is 0.0444. The van der Waals surface area contributed by atoms with Crippen molar-refractivity contribution in [2.24, 2.45) is 0 Å². The van der Waals surface area contributed by atoms with Gasteiger partial charge >= 0.3 is 0 Å². The molecule has 0 saturated carbocycles. The van der Waals surface area contributed by atoms with Crippen LogP contribution in [0.1, 0.15) is 28.8 Å². The normalized spacial score (nSPS) is 15.9. The average molecular weight is 656 g/mol. The van der Waals surface area contributed by atoms with E-state index in [-0.39, 0.29) is 12.0 Å².